The van der Waals surface area contributed by atoms with Gasteiger partial charge in [0, 0.05) is 25.0 Å². The average molecular weight is 323 g/mol. The number of anilines is 1. The van der Waals surface area contributed by atoms with Gasteiger partial charge in [0.1, 0.15) is 0 Å². The fourth-order valence-corrected chi connectivity index (χ4v) is 2.31. The van der Waals surface area contributed by atoms with E-state index < -0.39 is 10.7 Å². The molecule has 0 aliphatic carbocycles. The molecule has 5 nitrogen and oxygen atoms in total. The van der Waals surface area contributed by atoms with E-state index in [1.165, 1.54) is 12.1 Å². The van der Waals surface area contributed by atoms with Gasteiger partial charge in [0.2, 0.25) is 0 Å². The van der Waals surface area contributed by atoms with E-state index in [2.05, 4.69) is 10.3 Å². The maximum atomic E-state index is 13.8. The SMILES string of the molecule is O=[N+]([O-])c1ccc(NCc2ccc(-c3cccnc3)cc2)c(F)c1. The summed E-state index contributed by atoms with van der Waals surface area (Å²) in [4.78, 5) is 14.1. The van der Waals surface area contributed by atoms with Gasteiger partial charge >= 0.3 is 0 Å². The molecular weight excluding hydrogens is 309 g/mol. The second-order valence-corrected chi connectivity index (χ2v) is 5.21. The fourth-order valence-electron chi connectivity index (χ4n) is 2.31. The van der Waals surface area contributed by atoms with Crippen LogP contribution >= 0.6 is 0 Å². The molecule has 1 aromatic heterocycles. The largest absolute Gasteiger partial charge is 0.379 e. The number of nitrogens with zero attached hydrogens (tertiary/aromatic N) is 2. The molecule has 0 amide bonds. The zero-order valence-electron chi connectivity index (χ0n) is 12.6. The molecule has 0 spiro atoms. The van der Waals surface area contributed by atoms with Gasteiger partial charge in [0.25, 0.3) is 5.69 Å². The van der Waals surface area contributed by atoms with Gasteiger partial charge in [-0.2, -0.15) is 0 Å². The highest BCUT2D eigenvalue weighted by atomic mass is 19.1. The molecular formula is C18H14FN3O2. The van der Waals surface area contributed by atoms with Crippen molar-refractivity contribution >= 4 is 11.4 Å². The number of non-ortho nitro benzene ring substituents is 1. The Balaban J connectivity index is 1.68. The van der Waals surface area contributed by atoms with Gasteiger partial charge in [0.15, 0.2) is 5.82 Å². The van der Waals surface area contributed by atoms with Gasteiger partial charge in [-0.3, -0.25) is 15.1 Å². The van der Waals surface area contributed by atoms with Crippen molar-refractivity contribution in [1.82, 2.24) is 4.98 Å². The number of hydrogen-bond donors (Lipinski definition) is 1. The lowest BCUT2D eigenvalue weighted by molar-refractivity contribution is -0.385. The zero-order valence-corrected chi connectivity index (χ0v) is 12.6. The summed E-state index contributed by atoms with van der Waals surface area (Å²) in [5, 5.41) is 13.6. The highest BCUT2D eigenvalue weighted by molar-refractivity contribution is 5.62. The molecule has 24 heavy (non-hydrogen) atoms. The number of benzene rings is 2. The Morgan fingerprint density at radius 3 is 2.50 bits per heavy atom. The molecule has 1 heterocycles. The van der Waals surface area contributed by atoms with E-state index in [0.29, 0.717) is 6.54 Å². The minimum atomic E-state index is -0.642. The molecule has 0 radical (unpaired) electrons. The van der Waals surface area contributed by atoms with Crippen molar-refractivity contribution in [3.63, 3.8) is 0 Å². The number of pyridine rings is 1. The molecule has 1 N–H and O–H groups in total. The summed E-state index contributed by atoms with van der Waals surface area (Å²) < 4.78 is 13.8. The Hall–Kier alpha value is -3.28. The molecule has 3 rings (SSSR count). The quantitative estimate of drug-likeness (QED) is 0.558. The van der Waals surface area contributed by atoms with E-state index in [-0.39, 0.29) is 11.4 Å². The highest BCUT2D eigenvalue weighted by Gasteiger charge is 2.10. The number of nitrogens with one attached hydrogen (secondary N) is 1. The smallest absolute Gasteiger partial charge is 0.272 e. The van der Waals surface area contributed by atoms with Gasteiger partial charge in [-0.1, -0.05) is 30.3 Å². The Morgan fingerprint density at radius 2 is 1.88 bits per heavy atom. The van der Waals surface area contributed by atoms with Crippen LogP contribution in [0, 0.1) is 15.9 Å². The third-order valence-electron chi connectivity index (χ3n) is 3.60. The fraction of sp³-hybridized carbons (Fsp3) is 0.0556. The molecule has 0 saturated heterocycles. The van der Waals surface area contributed by atoms with Crippen molar-refractivity contribution in [2.24, 2.45) is 0 Å². The maximum Gasteiger partial charge on any atom is 0.272 e. The van der Waals surface area contributed by atoms with Crippen molar-refractivity contribution < 1.29 is 9.31 Å². The van der Waals surface area contributed by atoms with Gasteiger partial charge < -0.3 is 5.32 Å². The Bertz CT molecular complexity index is 852. The number of rotatable bonds is 5. The number of nitro groups is 1. The number of hydrogen-bond acceptors (Lipinski definition) is 4. The maximum absolute atomic E-state index is 13.8. The lowest BCUT2D eigenvalue weighted by atomic mass is 10.1. The van der Waals surface area contributed by atoms with Crippen LogP contribution < -0.4 is 5.32 Å². The topological polar surface area (TPSA) is 68.1 Å². The first-order valence-electron chi connectivity index (χ1n) is 7.30. The minimum absolute atomic E-state index is 0.233. The van der Waals surface area contributed by atoms with E-state index in [9.17, 15) is 14.5 Å². The summed E-state index contributed by atoms with van der Waals surface area (Å²) in [5.41, 5.74) is 3.02. The van der Waals surface area contributed by atoms with Crippen LogP contribution in [0.15, 0.2) is 67.0 Å². The van der Waals surface area contributed by atoms with Crippen molar-refractivity contribution in [1.29, 1.82) is 0 Å². The lowest BCUT2D eigenvalue weighted by Crippen LogP contribution is -2.02. The van der Waals surface area contributed by atoms with Crippen LogP contribution in [0.5, 0.6) is 0 Å². The van der Waals surface area contributed by atoms with Gasteiger partial charge in [-0.25, -0.2) is 4.39 Å². The van der Waals surface area contributed by atoms with E-state index >= 15 is 0 Å². The minimum Gasteiger partial charge on any atom is -0.379 e. The monoisotopic (exact) mass is 323 g/mol. The van der Waals surface area contributed by atoms with Crippen LogP contribution in [0.25, 0.3) is 11.1 Å². The molecule has 0 bridgehead atoms. The van der Waals surface area contributed by atoms with Crippen LogP contribution in [0.1, 0.15) is 5.56 Å². The van der Waals surface area contributed by atoms with E-state index in [1.807, 2.05) is 36.4 Å². The average Bonchev–Trinajstić information content (AvgIpc) is 2.62. The van der Waals surface area contributed by atoms with Crippen molar-refractivity contribution in [2.75, 3.05) is 5.32 Å². The summed E-state index contributed by atoms with van der Waals surface area (Å²) in [6.45, 7) is 0.419. The third-order valence-corrected chi connectivity index (χ3v) is 3.60. The molecule has 0 aliphatic rings. The molecule has 0 aliphatic heterocycles. The molecule has 0 atom stereocenters. The number of halogens is 1. The summed E-state index contributed by atoms with van der Waals surface area (Å²) in [6.07, 6.45) is 3.51. The van der Waals surface area contributed by atoms with E-state index in [4.69, 9.17) is 0 Å². The van der Waals surface area contributed by atoms with Crippen LogP contribution in [0.3, 0.4) is 0 Å². The first-order chi connectivity index (χ1) is 11.6. The first kappa shape index (κ1) is 15.6. The van der Waals surface area contributed by atoms with Crippen LogP contribution in [-0.2, 0) is 6.54 Å². The number of nitro benzene ring substituents is 1. The molecule has 3 aromatic rings. The predicted molar refractivity (Wildman–Crippen MR) is 90.1 cm³/mol. The molecule has 0 fully saturated rings. The Morgan fingerprint density at radius 1 is 1.08 bits per heavy atom. The summed E-state index contributed by atoms with van der Waals surface area (Å²) in [7, 11) is 0. The standard InChI is InChI=1S/C18H14FN3O2/c19-17-10-16(22(23)24)7-8-18(17)21-11-13-3-5-14(6-4-13)15-2-1-9-20-12-15/h1-10,12,21H,11H2. The van der Waals surface area contributed by atoms with Gasteiger partial charge in [0.05, 0.1) is 16.7 Å². The van der Waals surface area contributed by atoms with Crippen molar-refractivity contribution in [2.45, 2.75) is 6.54 Å². The Kier molecular flexibility index (Phi) is 4.47. The van der Waals surface area contributed by atoms with E-state index in [0.717, 1.165) is 22.8 Å². The van der Waals surface area contributed by atoms with Gasteiger partial charge in [-0.05, 0) is 28.8 Å². The molecule has 0 unspecified atom stereocenters. The van der Waals surface area contributed by atoms with Crippen LogP contribution in [0.4, 0.5) is 15.8 Å². The summed E-state index contributed by atoms with van der Waals surface area (Å²) in [5.74, 6) is -0.642. The highest BCUT2D eigenvalue weighted by Crippen LogP contribution is 2.22. The second kappa shape index (κ2) is 6.87. The van der Waals surface area contributed by atoms with Crippen LogP contribution in [0.2, 0.25) is 0 Å². The second-order valence-electron chi connectivity index (χ2n) is 5.21. The predicted octanol–water partition coefficient (Wildman–Crippen LogP) is 4.41. The summed E-state index contributed by atoms with van der Waals surface area (Å²) >= 11 is 0. The molecule has 2 aromatic carbocycles. The van der Waals surface area contributed by atoms with Crippen molar-refractivity contribution in [3.8, 4) is 11.1 Å². The first-order valence-corrected chi connectivity index (χ1v) is 7.30. The molecule has 0 saturated carbocycles. The molecule has 120 valence electrons. The normalized spacial score (nSPS) is 10.4. The van der Waals surface area contributed by atoms with Gasteiger partial charge in [-0.15, -0.1) is 0 Å². The van der Waals surface area contributed by atoms with E-state index in [1.54, 1.807) is 12.4 Å². The lowest BCUT2D eigenvalue weighted by Gasteiger charge is -2.08. The Labute approximate surface area is 137 Å². The number of aromatic nitrogens is 1. The molecule has 6 heteroatoms. The zero-order chi connectivity index (χ0) is 16.9. The summed E-state index contributed by atoms with van der Waals surface area (Å²) in [6, 6.07) is 15.2. The van der Waals surface area contributed by atoms with Crippen LogP contribution in [-0.4, -0.2) is 9.91 Å². The third kappa shape index (κ3) is 3.55. The van der Waals surface area contributed by atoms with Crippen molar-refractivity contribution in [3.05, 3.63) is 88.5 Å².